The second kappa shape index (κ2) is 7.95. The zero-order valence-electron chi connectivity index (χ0n) is 17.0. The van der Waals surface area contributed by atoms with Crippen LogP contribution >= 0.6 is 0 Å². The number of nitriles is 1. The molecule has 9 heteroatoms. The first-order valence-corrected chi connectivity index (χ1v) is 10.1. The summed E-state index contributed by atoms with van der Waals surface area (Å²) in [6.07, 6.45) is 1.10. The Bertz CT molecular complexity index is 688. The Morgan fingerprint density at radius 1 is 1.29 bits per heavy atom. The van der Waals surface area contributed by atoms with Gasteiger partial charge in [0.1, 0.15) is 6.54 Å². The predicted molar refractivity (Wildman–Crippen MR) is 101 cm³/mol. The largest absolute Gasteiger partial charge is 0.354 e. The van der Waals surface area contributed by atoms with Crippen LogP contribution in [0.2, 0.25) is 0 Å². The van der Waals surface area contributed by atoms with Gasteiger partial charge >= 0.3 is 6.03 Å². The Kier molecular flexibility index (Phi) is 5.79. The summed E-state index contributed by atoms with van der Waals surface area (Å²) >= 11 is 0. The van der Waals surface area contributed by atoms with Crippen LogP contribution in [0.3, 0.4) is 0 Å². The summed E-state index contributed by atoms with van der Waals surface area (Å²) in [7, 11) is 0. The third-order valence-corrected chi connectivity index (χ3v) is 5.65. The number of fused-ring (bicyclic) bond motifs is 3. The second-order valence-corrected chi connectivity index (χ2v) is 8.67. The molecule has 2 N–H and O–H groups in total. The lowest BCUT2D eigenvalue weighted by Crippen LogP contribution is -2.67. The lowest BCUT2D eigenvalue weighted by atomic mass is 9.75. The lowest BCUT2D eigenvalue weighted by Gasteiger charge is -2.50. The molecule has 154 valence electrons. The zero-order chi connectivity index (χ0) is 20.6. The van der Waals surface area contributed by atoms with E-state index >= 15 is 0 Å². The van der Waals surface area contributed by atoms with Gasteiger partial charge in [0, 0.05) is 24.5 Å². The van der Waals surface area contributed by atoms with E-state index in [1.807, 2.05) is 33.8 Å². The topological polar surface area (TPSA) is 109 Å². The maximum absolute atomic E-state index is 13.2. The molecule has 1 saturated carbocycles. The number of nitrogens with one attached hydrogen (secondary N) is 2. The fourth-order valence-electron chi connectivity index (χ4n) is 4.53. The Labute approximate surface area is 166 Å². The van der Waals surface area contributed by atoms with E-state index in [0.29, 0.717) is 25.8 Å². The van der Waals surface area contributed by atoms with E-state index in [1.165, 1.54) is 5.01 Å². The fraction of sp³-hybridized carbons (Fsp3) is 0.789. The van der Waals surface area contributed by atoms with E-state index in [2.05, 4.69) is 10.7 Å². The molecule has 9 nitrogen and oxygen atoms in total. The normalized spacial score (nSPS) is 29.8. The summed E-state index contributed by atoms with van der Waals surface area (Å²) in [5.41, 5.74) is 3.03. The van der Waals surface area contributed by atoms with Crippen LogP contribution in [-0.4, -0.2) is 64.1 Å². The van der Waals surface area contributed by atoms with E-state index < -0.39 is 6.29 Å². The Hall–Kier alpha value is -2.34. The number of carbonyl (C=O) groups excluding carboxylic acids is 3. The quantitative estimate of drug-likeness (QED) is 0.676. The van der Waals surface area contributed by atoms with Gasteiger partial charge in [-0.15, -0.1) is 0 Å². The van der Waals surface area contributed by atoms with Crippen molar-refractivity contribution in [1.29, 1.82) is 5.26 Å². The van der Waals surface area contributed by atoms with E-state index in [1.54, 1.807) is 9.80 Å². The van der Waals surface area contributed by atoms with Crippen molar-refractivity contribution in [2.75, 3.05) is 13.1 Å². The number of hydrazine groups is 1. The van der Waals surface area contributed by atoms with Crippen LogP contribution in [0.25, 0.3) is 0 Å². The van der Waals surface area contributed by atoms with Gasteiger partial charge in [0.05, 0.1) is 12.0 Å². The summed E-state index contributed by atoms with van der Waals surface area (Å²) in [6.45, 7) is 8.33. The minimum atomic E-state index is -0.594. The smallest absolute Gasteiger partial charge is 0.338 e. The molecular weight excluding hydrogens is 360 g/mol. The summed E-state index contributed by atoms with van der Waals surface area (Å²) in [5, 5.41) is 13.3. The van der Waals surface area contributed by atoms with E-state index in [4.69, 9.17) is 5.26 Å². The van der Waals surface area contributed by atoms with Gasteiger partial charge in [0.25, 0.3) is 0 Å². The van der Waals surface area contributed by atoms with Crippen LogP contribution in [0.1, 0.15) is 47.0 Å². The molecule has 3 rings (SSSR count). The Morgan fingerprint density at radius 2 is 2.00 bits per heavy atom. The van der Waals surface area contributed by atoms with E-state index in [0.717, 1.165) is 0 Å². The molecule has 0 aromatic carbocycles. The fourth-order valence-corrected chi connectivity index (χ4v) is 4.53. The van der Waals surface area contributed by atoms with Crippen LogP contribution in [-0.2, 0) is 9.59 Å². The molecular formula is C19H30N6O3. The van der Waals surface area contributed by atoms with Gasteiger partial charge < -0.3 is 10.2 Å². The average Bonchev–Trinajstić information content (AvgIpc) is 2.94. The molecule has 3 aliphatic rings. The molecule has 0 bridgehead atoms. The first kappa shape index (κ1) is 20.4. The molecule has 0 aromatic heterocycles. The third kappa shape index (κ3) is 3.65. The van der Waals surface area contributed by atoms with Crippen molar-refractivity contribution in [3.8, 4) is 6.07 Å². The van der Waals surface area contributed by atoms with Crippen LogP contribution in [0.4, 0.5) is 4.79 Å². The summed E-state index contributed by atoms with van der Waals surface area (Å²) in [5.74, 6) is -0.257. The number of nitrogens with zero attached hydrogens (tertiary/aromatic N) is 4. The number of rotatable bonds is 5. The van der Waals surface area contributed by atoms with Crippen molar-refractivity contribution in [2.45, 2.75) is 65.3 Å². The van der Waals surface area contributed by atoms with Gasteiger partial charge in [-0.1, -0.05) is 13.8 Å². The number of carbonyl (C=O) groups is 3. The van der Waals surface area contributed by atoms with Crippen molar-refractivity contribution < 1.29 is 14.4 Å². The SMILES string of the molecule is CC(C)CN1C(=O)C2CCC(C(=O)NC(C)C)CC2N2C(=O)N(CC#N)NC12. The molecule has 0 aromatic rings. The van der Waals surface area contributed by atoms with Gasteiger partial charge in [0.15, 0.2) is 6.29 Å². The van der Waals surface area contributed by atoms with Crippen LogP contribution < -0.4 is 10.7 Å². The van der Waals surface area contributed by atoms with Gasteiger partial charge in [-0.25, -0.2) is 9.80 Å². The number of hydrogen-bond donors (Lipinski definition) is 2. The highest BCUT2D eigenvalue weighted by Gasteiger charge is 2.56. The Balaban J connectivity index is 1.87. The molecule has 28 heavy (non-hydrogen) atoms. The third-order valence-electron chi connectivity index (χ3n) is 5.65. The van der Waals surface area contributed by atoms with Crippen LogP contribution in [0, 0.1) is 29.1 Å². The average molecular weight is 390 g/mol. The minimum absolute atomic E-state index is 0.0180. The van der Waals surface area contributed by atoms with Crippen LogP contribution in [0.15, 0.2) is 0 Å². The molecule has 2 saturated heterocycles. The molecule has 3 fully saturated rings. The summed E-state index contributed by atoms with van der Waals surface area (Å²) < 4.78 is 0. The standard InChI is InChI=1S/C19H30N6O3/c1-11(2)10-23-17(27)14-6-5-13(16(26)21-12(3)4)9-15(14)25-18(23)22-24(8-7-20)19(25)28/h11-15,18,22H,5-6,8-10H2,1-4H3,(H,21,26). The van der Waals surface area contributed by atoms with Crippen molar-refractivity contribution >= 4 is 17.8 Å². The highest BCUT2D eigenvalue weighted by Crippen LogP contribution is 2.40. The summed E-state index contributed by atoms with van der Waals surface area (Å²) in [6, 6.07) is 1.40. The molecule has 1 aliphatic carbocycles. The predicted octanol–water partition coefficient (Wildman–Crippen LogP) is 0.843. The molecule has 4 atom stereocenters. The number of amides is 4. The molecule has 4 unspecified atom stereocenters. The van der Waals surface area contributed by atoms with Crippen molar-refractivity contribution in [3.05, 3.63) is 0 Å². The number of hydrogen-bond acceptors (Lipinski definition) is 5. The molecule has 2 heterocycles. The minimum Gasteiger partial charge on any atom is -0.354 e. The first-order chi connectivity index (χ1) is 13.2. The second-order valence-electron chi connectivity index (χ2n) is 8.67. The van der Waals surface area contributed by atoms with Crippen molar-refractivity contribution in [2.24, 2.45) is 17.8 Å². The molecule has 2 aliphatic heterocycles. The first-order valence-electron chi connectivity index (χ1n) is 10.1. The molecule has 0 radical (unpaired) electrons. The van der Waals surface area contributed by atoms with E-state index in [9.17, 15) is 14.4 Å². The van der Waals surface area contributed by atoms with Gasteiger partial charge in [-0.05, 0) is 39.0 Å². The van der Waals surface area contributed by atoms with Gasteiger partial charge in [0.2, 0.25) is 11.8 Å². The highest BCUT2D eigenvalue weighted by atomic mass is 16.2. The maximum Gasteiger partial charge on any atom is 0.338 e. The van der Waals surface area contributed by atoms with Gasteiger partial charge in [-0.2, -0.15) is 10.7 Å². The highest BCUT2D eigenvalue weighted by molar-refractivity contribution is 5.87. The van der Waals surface area contributed by atoms with Crippen LogP contribution in [0.5, 0.6) is 0 Å². The Morgan fingerprint density at radius 3 is 2.61 bits per heavy atom. The van der Waals surface area contributed by atoms with Gasteiger partial charge in [-0.3, -0.25) is 14.5 Å². The molecule has 0 spiro atoms. The molecule has 4 amide bonds. The van der Waals surface area contributed by atoms with Crippen molar-refractivity contribution in [1.82, 2.24) is 25.6 Å². The maximum atomic E-state index is 13.2. The number of urea groups is 1. The van der Waals surface area contributed by atoms with E-state index in [-0.39, 0.29) is 54.2 Å². The summed E-state index contributed by atoms with van der Waals surface area (Å²) in [4.78, 5) is 42.1. The lowest BCUT2D eigenvalue weighted by molar-refractivity contribution is -0.159. The zero-order valence-corrected chi connectivity index (χ0v) is 17.0. The monoisotopic (exact) mass is 390 g/mol. The van der Waals surface area contributed by atoms with Crippen molar-refractivity contribution in [3.63, 3.8) is 0 Å².